The number of nitrogens with zero attached hydrogens (tertiary/aromatic N) is 1. The largest absolute Gasteiger partial charge is 0.376 e. The van der Waals surface area contributed by atoms with Gasteiger partial charge in [-0.2, -0.15) is 4.73 Å². The molecule has 1 aromatic heterocycles. The number of aromatic nitrogens is 1. The Hall–Kier alpha value is -0.740. The first-order chi connectivity index (χ1) is 6.75. The number of rotatable bonds is 2. The fraction of sp³-hybridized carbons (Fsp3) is 0. The van der Waals surface area contributed by atoms with Crippen molar-refractivity contribution < 1.29 is 4.84 Å². The van der Waals surface area contributed by atoms with E-state index in [1.807, 2.05) is 42.7 Å². The van der Waals surface area contributed by atoms with E-state index in [9.17, 15) is 0 Å². The molecule has 0 fully saturated rings. The molecule has 0 saturated heterocycles. The van der Waals surface area contributed by atoms with E-state index in [0.29, 0.717) is 0 Å². The maximum Gasteiger partial charge on any atom is 0.157 e. The molecule has 0 bridgehead atoms. The summed E-state index contributed by atoms with van der Waals surface area (Å²) in [6, 6.07) is 9.56. The Morgan fingerprint density at radius 2 is 1.71 bits per heavy atom. The zero-order valence-corrected chi connectivity index (χ0v) is 10.3. The van der Waals surface area contributed by atoms with Crippen LogP contribution in [0.3, 0.4) is 0 Å². The summed E-state index contributed by atoms with van der Waals surface area (Å²) in [5.74, 6) is 0.788. The van der Waals surface area contributed by atoms with Crippen LogP contribution in [0.5, 0.6) is 5.75 Å². The molecule has 1 aromatic carbocycles. The number of hydrogen-bond donors (Lipinski definition) is 0. The Balaban J connectivity index is 2.22. The van der Waals surface area contributed by atoms with Crippen LogP contribution in [0.1, 0.15) is 0 Å². The molecular formula is C10H7Br2NO. The standard InChI is InChI=1S/C10H7Br2NO/c11-9-4-3-8(7-10(9)12)14-13-5-1-2-6-13/h1-7H. The quantitative estimate of drug-likeness (QED) is 0.820. The van der Waals surface area contributed by atoms with Crippen LogP contribution in [0.25, 0.3) is 0 Å². The molecule has 0 aliphatic carbocycles. The minimum atomic E-state index is 0.788. The summed E-state index contributed by atoms with van der Waals surface area (Å²) in [7, 11) is 0. The molecule has 0 radical (unpaired) electrons. The highest BCUT2D eigenvalue weighted by molar-refractivity contribution is 9.13. The molecule has 0 amide bonds. The monoisotopic (exact) mass is 315 g/mol. The molecule has 0 aliphatic rings. The highest BCUT2D eigenvalue weighted by Crippen LogP contribution is 2.27. The molecular weight excluding hydrogens is 310 g/mol. The topological polar surface area (TPSA) is 14.2 Å². The van der Waals surface area contributed by atoms with Gasteiger partial charge in [0, 0.05) is 21.3 Å². The second-order valence-corrected chi connectivity index (χ2v) is 4.42. The van der Waals surface area contributed by atoms with Crippen LogP contribution in [-0.4, -0.2) is 4.73 Å². The van der Waals surface area contributed by atoms with Gasteiger partial charge in [-0.1, -0.05) is 0 Å². The molecule has 2 nitrogen and oxygen atoms in total. The van der Waals surface area contributed by atoms with Crippen LogP contribution in [0.15, 0.2) is 51.7 Å². The lowest BCUT2D eigenvalue weighted by atomic mass is 10.3. The normalized spacial score (nSPS) is 10.1. The van der Waals surface area contributed by atoms with Crippen LogP contribution in [-0.2, 0) is 0 Å². The lowest BCUT2D eigenvalue weighted by Gasteiger charge is -2.06. The lowest BCUT2D eigenvalue weighted by molar-refractivity contribution is 0.217. The van der Waals surface area contributed by atoms with E-state index >= 15 is 0 Å². The number of benzene rings is 1. The summed E-state index contributed by atoms with van der Waals surface area (Å²) in [6.45, 7) is 0. The summed E-state index contributed by atoms with van der Waals surface area (Å²) in [6.07, 6.45) is 3.69. The third kappa shape index (κ3) is 2.19. The van der Waals surface area contributed by atoms with Gasteiger partial charge in [0.2, 0.25) is 0 Å². The van der Waals surface area contributed by atoms with E-state index in [4.69, 9.17) is 4.84 Å². The van der Waals surface area contributed by atoms with Gasteiger partial charge in [-0.3, -0.25) is 0 Å². The summed E-state index contributed by atoms with van der Waals surface area (Å²) >= 11 is 6.81. The van der Waals surface area contributed by atoms with Gasteiger partial charge >= 0.3 is 0 Å². The second-order valence-electron chi connectivity index (χ2n) is 2.71. The molecule has 2 rings (SSSR count). The second kappa shape index (κ2) is 4.19. The zero-order valence-electron chi connectivity index (χ0n) is 7.15. The highest BCUT2D eigenvalue weighted by atomic mass is 79.9. The molecule has 0 saturated carbocycles. The van der Waals surface area contributed by atoms with E-state index in [1.54, 1.807) is 4.73 Å². The van der Waals surface area contributed by atoms with Crippen molar-refractivity contribution in [3.05, 3.63) is 51.7 Å². The molecule has 0 spiro atoms. The average Bonchev–Trinajstić information content (AvgIpc) is 2.64. The van der Waals surface area contributed by atoms with Crippen LogP contribution < -0.4 is 4.84 Å². The fourth-order valence-corrected chi connectivity index (χ4v) is 1.64. The SMILES string of the molecule is Brc1ccc(On2cccc2)cc1Br. The molecule has 0 unspecified atom stereocenters. The van der Waals surface area contributed by atoms with E-state index in [1.165, 1.54) is 0 Å². The Morgan fingerprint density at radius 1 is 1.00 bits per heavy atom. The van der Waals surface area contributed by atoms with Crippen LogP contribution in [0.4, 0.5) is 0 Å². The van der Waals surface area contributed by atoms with E-state index in [-0.39, 0.29) is 0 Å². The first-order valence-corrected chi connectivity index (χ1v) is 5.61. The molecule has 0 aliphatic heterocycles. The predicted molar refractivity (Wildman–Crippen MR) is 62.3 cm³/mol. The van der Waals surface area contributed by atoms with Crippen molar-refractivity contribution >= 4 is 31.9 Å². The maximum atomic E-state index is 5.52. The van der Waals surface area contributed by atoms with Crippen molar-refractivity contribution in [1.82, 2.24) is 4.73 Å². The Kier molecular flexibility index (Phi) is 2.93. The van der Waals surface area contributed by atoms with Crippen LogP contribution in [0.2, 0.25) is 0 Å². The Morgan fingerprint density at radius 3 is 2.36 bits per heavy atom. The summed E-state index contributed by atoms with van der Waals surface area (Å²) in [4.78, 5) is 5.52. The molecule has 1 heterocycles. The molecule has 4 heteroatoms. The molecule has 2 aromatic rings. The van der Waals surface area contributed by atoms with Gasteiger partial charge in [0.15, 0.2) is 5.75 Å². The lowest BCUT2D eigenvalue weighted by Crippen LogP contribution is -2.00. The molecule has 0 atom stereocenters. The fourth-order valence-electron chi connectivity index (χ4n) is 1.03. The van der Waals surface area contributed by atoms with E-state index in [0.717, 1.165) is 14.7 Å². The van der Waals surface area contributed by atoms with Gasteiger partial charge in [-0.25, -0.2) is 0 Å². The van der Waals surface area contributed by atoms with Gasteiger partial charge in [-0.05, 0) is 62.2 Å². The van der Waals surface area contributed by atoms with Gasteiger partial charge in [0.05, 0.1) is 0 Å². The predicted octanol–water partition coefficient (Wildman–Crippen LogP) is 3.86. The van der Waals surface area contributed by atoms with Crippen molar-refractivity contribution in [2.24, 2.45) is 0 Å². The highest BCUT2D eigenvalue weighted by Gasteiger charge is 1.99. The van der Waals surface area contributed by atoms with Crippen LogP contribution in [0, 0.1) is 0 Å². The first-order valence-electron chi connectivity index (χ1n) is 4.02. The van der Waals surface area contributed by atoms with Crippen molar-refractivity contribution in [1.29, 1.82) is 0 Å². The maximum absolute atomic E-state index is 5.52. The number of hydrogen-bond acceptors (Lipinski definition) is 1. The summed E-state index contributed by atoms with van der Waals surface area (Å²) in [5, 5.41) is 0. The molecule has 72 valence electrons. The zero-order chi connectivity index (χ0) is 9.97. The smallest absolute Gasteiger partial charge is 0.157 e. The average molecular weight is 317 g/mol. The van der Waals surface area contributed by atoms with Gasteiger partial charge in [0.1, 0.15) is 0 Å². The third-order valence-electron chi connectivity index (χ3n) is 1.68. The van der Waals surface area contributed by atoms with Crippen molar-refractivity contribution in [3.63, 3.8) is 0 Å². The van der Waals surface area contributed by atoms with Gasteiger partial charge in [-0.15, -0.1) is 0 Å². The molecule has 14 heavy (non-hydrogen) atoms. The van der Waals surface area contributed by atoms with Crippen molar-refractivity contribution in [2.75, 3.05) is 0 Å². The molecule has 0 N–H and O–H groups in total. The van der Waals surface area contributed by atoms with Gasteiger partial charge in [0.25, 0.3) is 0 Å². The summed E-state index contributed by atoms with van der Waals surface area (Å²) in [5.41, 5.74) is 0. The first kappa shape index (κ1) is 9.80. The van der Waals surface area contributed by atoms with Crippen molar-refractivity contribution in [3.8, 4) is 5.75 Å². The van der Waals surface area contributed by atoms with Crippen LogP contribution >= 0.6 is 31.9 Å². The number of halogens is 2. The van der Waals surface area contributed by atoms with E-state index < -0.39 is 0 Å². The third-order valence-corrected chi connectivity index (χ3v) is 3.56. The Labute approximate surface area is 98.7 Å². The Bertz CT molecular complexity index is 426. The van der Waals surface area contributed by atoms with Gasteiger partial charge < -0.3 is 4.84 Å². The van der Waals surface area contributed by atoms with E-state index in [2.05, 4.69) is 31.9 Å². The van der Waals surface area contributed by atoms with Crippen molar-refractivity contribution in [2.45, 2.75) is 0 Å². The minimum absolute atomic E-state index is 0.788. The minimum Gasteiger partial charge on any atom is -0.376 e. The summed E-state index contributed by atoms with van der Waals surface area (Å²) < 4.78 is 3.63.